The van der Waals surface area contributed by atoms with Crippen molar-refractivity contribution in [3.8, 4) is 0 Å². The second kappa shape index (κ2) is 7.12. The third kappa shape index (κ3) is 2.86. The van der Waals surface area contributed by atoms with Crippen LogP contribution in [0.1, 0.15) is 52.2 Å². The molecule has 2 aliphatic rings. The van der Waals surface area contributed by atoms with Crippen LogP contribution in [0.15, 0.2) is 85.1 Å². The first-order valence-corrected chi connectivity index (χ1v) is 10.1. The molecule has 2 unspecified atom stereocenters. The second-order valence-electron chi connectivity index (χ2n) is 7.72. The number of carbonyl (C=O) groups excluding carboxylic acids is 1. The van der Waals surface area contributed by atoms with Gasteiger partial charge in [-0.05, 0) is 47.7 Å². The number of hydrogen-bond acceptors (Lipinski definition) is 2. The lowest BCUT2D eigenvalue weighted by Gasteiger charge is -2.25. The Hall–Kier alpha value is -3.13. The minimum absolute atomic E-state index is 0.485. The highest BCUT2D eigenvalue weighted by molar-refractivity contribution is 5.84. The van der Waals surface area contributed by atoms with Crippen LogP contribution in [-0.4, -0.2) is 12.3 Å². The van der Waals surface area contributed by atoms with Gasteiger partial charge in [0.05, 0.1) is 0 Å². The normalized spacial score (nSPS) is 19.8. The number of nitrogens with zero attached hydrogens (tertiary/aromatic N) is 1. The van der Waals surface area contributed by atoms with Gasteiger partial charge in [0.25, 0.3) is 0 Å². The van der Waals surface area contributed by atoms with E-state index in [1.807, 2.05) is 6.07 Å². The van der Waals surface area contributed by atoms with Crippen molar-refractivity contribution >= 4 is 17.5 Å². The van der Waals surface area contributed by atoms with E-state index >= 15 is 0 Å². The lowest BCUT2D eigenvalue weighted by molar-refractivity contribution is 0.112. The average molecular weight is 365 g/mol. The van der Waals surface area contributed by atoms with Crippen molar-refractivity contribution < 1.29 is 4.79 Å². The lowest BCUT2D eigenvalue weighted by atomic mass is 9.96. The van der Waals surface area contributed by atoms with Gasteiger partial charge in [-0.25, -0.2) is 0 Å². The molecule has 0 N–H and O–H groups in total. The maximum atomic E-state index is 11.3. The van der Waals surface area contributed by atoms with Crippen LogP contribution in [0.4, 0.5) is 5.69 Å². The third-order valence-electron chi connectivity index (χ3n) is 6.14. The molecule has 2 nitrogen and oxygen atoms in total. The van der Waals surface area contributed by atoms with Crippen molar-refractivity contribution in [1.29, 1.82) is 0 Å². The summed E-state index contributed by atoms with van der Waals surface area (Å²) in [7, 11) is 0. The number of hydrogen-bond donors (Lipinski definition) is 0. The molecule has 1 heterocycles. The minimum atomic E-state index is 0.485. The Balaban J connectivity index is 1.66. The van der Waals surface area contributed by atoms with Crippen molar-refractivity contribution in [3.63, 3.8) is 0 Å². The molecule has 3 aromatic carbocycles. The van der Waals surface area contributed by atoms with Crippen LogP contribution >= 0.6 is 0 Å². The van der Waals surface area contributed by atoms with Crippen molar-refractivity contribution in [2.24, 2.45) is 0 Å². The molecule has 138 valence electrons. The van der Waals surface area contributed by atoms with Gasteiger partial charge < -0.3 is 4.90 Å². The van der Waals surface area contributed by atoms with Gasteiger partial charge in [-0.15, -0.1) is 0 Å². The van der Waals surface area contributed by atoms with Crippen LogP contribution in [0.3, 0.4) is 0 Å². The van der Waals surface area contributed by atoms with Gasteiger partial charge in [-0.2, -0.15) is 0 Å². The Bertz CT molecular complexity index is 981. The second-order valence-corrected chi connectivity index (χ2v) is 7.72. The largest absolute Gasteiger partial charge is 0.343 e. The summed E-state index contributed by atoms with van der Waals surface area (Å²) in [5.74, 6) is 0.527. The lowest BCUT2D eigenvalue weighted by Crippen LogP contribution is -2.26. The molecule has 2 heteroatoms. The highest BCUT2D eigenvalue weighted by Crippen LogP contribution is 2.50. The molecule has 0 bridgehead atoms. The summed E-state index contributed by atoms with van der Waals surface area (Å²) in [6, 6.07) is 27.9. The van der Waals surface area contributed by atoms with E-state index in [9.17, 15) is 4.79 Å². The summed E-state index contributed by atoms with van der Waals surface area (Å²) in [4.78, 5) is 13.8. The molecule has 2 atom stereocenters. The van der Waals surface area contributed by atoms with Gasteiger partial charge in [0.2, 0.25) is 0 Å². The Morgan fingerprint density at radius 3 is 2.18 bits per heavy atom. The van der Waals surface area contributed by atoms with Crippen molar-refractivity contribution in [2.45, 2.75) is 31.2 Å². The summed E-state index contributed by atoms with van der Waals surface area (Å²) < 4.78 is 0. The number of aldehydes is 1. The molecule has 0 spiro atoms. The zero-order valence-electron chi connectivity index (χ0n) is 15.8. The summed E-state index contributed by atoms with van der Waals surface area (Å²) >= 11 is 0. The molecule has 5 rings (SSSR count). The number of anilines is 1. The number of carbonyl (C=O) groups is 1. The maximum Gasteiger partial charge on any atom is 0.150 e. The van der Waals surface area contributed by atoms with Crippen molar-refractivity contribution in [1.82, 2.24) is 0 Å². The van der Waals surface area contributed by atoms with Crippen LogP contribution in [0, 0.1) is 0 Å². The van der Waals surface area contributed by atoms with E-state index in [4.69, 9.17) is 0 Å². The third-order valence-corrected chi connectivity index (χ3v) is 6.14. The zero-order valence-corrected chi connectivity index (χ0v) is 15.8. The van der Waals surface area contributed by atoms with E-state index in [1.54, 1.807) is 0 Å². The van der Waals surface area contributed by atoms with E-state index < -0.39 is 0 Å². The number of benzene rings is 3. The fourth-order valence-corrected chi connectivity index (χ4v) is 4.85. The minimum Gasteiger partial charge on any atom is -0.343 e. The van der Waals surface area contributed by atoms with Gasteiger partial charge in [-0.1, -0.05) is 67.1 Å². The monoisotopic (exact) mass is 365 g/mol. The van der Waals surface area contributed by atoms with E-state index in [0.29, 0.717) is 12.0 Å². The molecule has 0 amide bonds. The Morgan fingerprint density at radius 1 is 0.857 bits per heavy atom. The van der Waals surface area contributed by atoms with Gasteiger partial charge in [0.1, 0.15) is 6.29 Å². The van der Waals surface area contributed by atoms with Gasteiger partial charge in [-0.3, -0.25) is 4.79 Å². The van der Waals surface area contributed by atoms with Gasteiger partial charge in [0.15, 0.2) is 0 Å². The Labute approximate surface area is 166 Å². The SMILES string of the molecule is O=Cc1ccc2c(c1)C1CCCC1N2C=C(c1ccccc1)c1ccccc1. The first-order chi connectivity index (χ1) is 13.8. The summed E-state index contributed by atoms with van der Waals surface area (Å²) in [6.07, 6.45) is 6.94. The predicted molar refractivity (Wildman–Crippen MR) is 115 cm³/mol. The van der Waals surface area contributed by atoms with E-state index in [2.05, 4.69) is 83.9 Å². The molecule has 28 heavy (non-hydrogen) atoms. The first kappa shape index (κ1) is 17.0. The van der Waals surface area contributed by atoms with Crippen molar-refractivity contribution in [2.75, 3.05) is 4.90 Å². The fraction of sp³-hybridized carbons (Fsp3) is 0.192. The quantitative estimate of drug-likeness (QED) is 0.525. The van der Waals surface area contributed by atoms with Crippen molar-refractivity contribution in [3.05, 3.63) is 107 Å². The van der Waals surface area contributed by atoms with Gasteiger partial charge >= 0.3 is 0 Å². The smallest absolute Gasteiger partial charge is 0.150 e. The molecule has 1 aliphatic heterocycles. The number of fused-ring (bicyclic) bond motifs is 3. The molecular formula is C26H23NO. The highest BCUT2D eigenvalue weighted by atomic mass is 16.1. The highest BCUT2D eigenvalue weighted by Gasteiger charge is 2.41. The van der Waals surface area contributed by atoms with E-state index in [0.717, 1.165) is 11.8 Å². The van der Waals surface area contributed by atoms with E-state index in [1.165, 1.54) is 47.2 Å². The molecule has 0 radical (unpaired) electrons. The van der Waals surface area contributed by atoms with Gasteiger partial charge in [0, 0.05) is 35.0 Å². The van der Waals surface area contributed by atoms with Crippen LogP contribution in [0.2, 0.25) is 0 Å². The summed E-state index contributed by atoms with van der Waals surface area (Å²) in [5.41, 5.74) is 7.05. The zero-order chi connectivity index (χ0) is 18.9. The topological polar surface area (TPSA) is 20.3 Å². The number of rotatable bonds is 4. The van der Waals surface area contributed by atoms with Crippen LogP contribution in [0.5, 0.6) is 0 Å². The van der Waals surface area contributed by atoms with E-state index in [-0.39, 0.29) is 0 Å². The standard InChI is InChI=1S/C26H23NO/c28-18-19-14-15-26-23(16-19)22-12-7-13-25(22)27(26)17-24(20-8-3-1-4-9-20)21-10-5-2-6-11-21/h1-6,8-11,14-18,22,25H,7,12-13H2. The maximum absolute atomic E-state index is 11.3. The fourth-order valence-electron chi connectivity index (χ4n) is 4.85. The predicted octanol–water partition coefficient (Wildman–Crippen LogP) is 6.04. The summed E-state index contributed by atoms with van der Waals surface area (Å²) in [6.45, 7) is 0. The Kier molecular flexibility index (Phi) is 4.32. The molecule has 0 aromatic heterocycles. The Morgan fingerprint density at radius 2 is 1.54 bits per heavy atom. The molecule has 1 saturated carbocycles. The molecule has 1 fully saturated rings. The molecular weight excluding hydrogens is 342 g/mol. The average Bonchev–Trinajstić information content (AvgIpc) is 3.35. The molecule has 0 saturated heterocycles. The van der Waals surface area contributed by atoms with Crippen LogP contribution in [-0.2, 0) is 0 Å². The first-order valence-electron chi connectivity index (χ1n) is 10.1. The van der Waals surface area contributed by atoms with Crippen LogP contribution < -0.4 is 4.90 Å². The van der Waals surface area contributed by atoms with Crippen LogP contribution in [0.25, 0.3) is 5.57 Å². The molecule has 1 aliphatic carbocycles. The summed E-state index contributed by atoms with van der Waals surface area (Å²) in [5, 5.41) is 0. The molecule has 3 aromatic rings.